The summed E-state index contributed by atoms with van der Waals surface area (Å²) in [6.45, 7) is 0.404. The van der Waals surface area contributed by atoms with Gasteiger partial charge in [0.1, 0.15) is 12.6 Å². The average molecular weight is 514 g/mol. The van der Waals surface area contributed by atoms with Crippen LogP contribution in [0.4, 0.5) is 0 Å². The molecule has 0 aromatic heterocycles. The highest BCUT2D eigenvalue weighted by Crippen LogP contribution is 2.45. The molecular formula is C21H37ClNO7PS. The van der Waals surface area contributed by atoms with Crippen molar-refractivity contribution in [2.24, 2.45) is 0 Å². The second-order valence-corrected chi connectivity index (χ2v) is 11.5. The second-order valence-electron chi connectivity index (χ2n) is 8.52. The number of quaternary nitrogens is 1. The summed E-state index contributed by atoms with van der Waals surface area (Å²) in [6.07, 6.45) is 4.76. The Hall–Kier alpha value is -0.640. The van der Waals surface area contributed by atoms with Crippen LogP contribution in [0.5, 0.6) is 0 Å². The van der Waals surface area contributed by atoms with Gasteiger partial charge in [-0.3, -0.25) is 13.8 Å². The SMILES string of the molecule is C[N+](C)(C)CC(CC(=O)O)OP(=O)(O)OCCCCCCCCSc1ccc(Cl)cc1.[OH-]. The topological polar surface area (TPSA) is 123 Å². The number of hydrogen-bond donors (Lipinski definition) is 2. The second kappa shape index (κ2) is 16.1. The largest absolute Gasteiger partial charge is 0.870 e. The lowest BCUT2D eigenvalue weighted by atomic mass is 10.1. The Morgan fingerprint density at radius 3 is 2.22 bits per heavy atom. The number of thioether (sulfide) groups is 1. The number of likely N-dealkylation sites (N-methyl/N-ethyl adjacent to an activating group) is 1. The standard InChI is InChI=1S/C21H35ClNO6PS.H2O/c1-23(2,3)17-19(16-21(24)25)29-30(26,27)28-14-8-6-4-5-7-9-15-31-20-12-10-18(22)11-13-20;/h10-13,19H,4-9,14-17H2,1-3H3,(H-,24,25,26,27);1H2. The summed E-state index contributed by atoms with van der Waals surface area (Å²) in [5.41, 5.74) is 0. The van der Waals surface area contributed by atoms with Gasteiger partial charge < -0.3 is 20.0 Å². The summed E-state index contributed by atoms with van der Waals surface area (Å²) in [5, 5.41) is 9.74. The van der Waals surface area contributed by atoms with Gasteiger partial charge in [-0.05, 0) is 42.9 Å². The molecule has 0 saturated heterocycles. The Labute approximate surface area is 200 Å². The Kier molecular flexibility index (Phi) is 15.7. The Bertz CT molecular complexity index is 700. The zero-order valence-electron chi connectivity index (χ0n) is 19.1. The summed E-state index contributed by atoms with van der Waals surface area (Å²) in [4.78, 5) is 22.1. The van der Waals surface area contributed by atoms with Crippen molar-refractivity contribution in [2.75, 3.05) is 40.0 Å². The van der Waals surface area contributed by atoms with E-state index in [2.05, 4.69) is 0 Å². The fourth-order valence-corrected chi connectivity index (χ4v) is 4.95. The molecule has 2 atom stereocenters. The zero-order valence-corrected chi connectivity index (χ0v) is 21.6. The van der Waals surface area contributed by atoms with Crippen molar-refractivity contribution in [3.05, 3.63) is 29.3 Å². The molecule has 11 heteroatoms. The maximum Gasteiger partial charge on any atom is 0.472 e. The predicted octanol–water partition coefficient (Wildman–Crippen LogP) is 5.28. The molecule has 186 valence electrons. The lowest BCUT2D eigenvalue weighted by molar-refractivity contribution is -0.873. The number of nitrogens with zero attached hydrogens (tertiary/aromatic N) is 1. The summed E-state index contributed by atoms with van der Waals surface area (Å²) in [5.74, 6) is -0.00868. The molecule has 0 fully saturated rings. The van der Waals surface area contributed by atoms with E-state index < -0.39 is 19.9 Å². The van der Waals surface area contributed by atoms with Crippen molar-refractivity contribution in [1.82, 2.24) is 0 Å². The monoisotopic (exact) mass is 513 g/mol. The van der Waals surface area contributed by atoms with Gasteiger partial charge in [-0.25, -0.2) is 4.57 Å². The smallest absolute Gasteiger partial charge is 0.472 e. The molecule has 2 unspecified atom stereocenters. The first-order valence-electron chi connectivity index (χ1n) is 10.5. The molecule has 0 aliphatic rings. The van der Waals surface area contributed by atoms with E-state index in [0.717, 1.165) is 42.9 Å². The minimum absolute atomic E-state index is 0. The van der Waals surface area contributed by atoms with Crippen molar-refractivity contribution < 1.29 is 38.4 Å². The zero-order chi connectivity index (χ0) is 23.3. The van der Waals surface area contributed by atoms with E-state index in [4.69, 9.17) is 25.8 Å². The highest BCUT2D eigenvalue weighted by Gasteiger charge is 2.31. The van der Waals surface area contributed by atoms with Crippen LogP contribution in [0.25, 0.3) is 0 Å². The maximum absolute atomic E-state index is 12.1. The van der Waals surface area contributed by atoms with Crippen LogP contribution < -0.4 is 0 Å². The molecule has 0 saturated carbocycles. The molecule has 1 rings (SSSR count). The minimum atomic E-state index is -4.28. The van der Waals surface area contributed by atoms with Gasteiger partial charge in [-0.1, -0.05) is 37.3 Å². The van der Waals surface area contributed by atoms with Crippen molar-refractivity contribution >= 4 is 37.2 Å². The van der Waals surface area contributed by atoms with Gasteiger partial charge in [-0.2, -0.15) is 0 Å². The molecule has 0 spiro atoms. The maximum atomic E-state index is 12.1. The lowest BCUT2D eigenvalue weighted by Crippen LogP contribution is -2.42. The van der Waals surface area contributed by atoms with Crippen LogP contribution in [0.15, 0.2) is 29.2 Å². The highest BCUT2D eigenvalue weighted by molar-refractivity contribution is 7.99. The van der Waals surface area contributed by atoms with Crippen molar-refractivity contribution in [1.29, 1.82) is 0 Å². The number of hydrogen-bond acceptors (Lipinski definition) is 6. The molecule has 0 amide bonds. The third-order valence-corrected chi connectivity index (χ3v) is 6.74. The molecule has 0 aliphatic carbocycles. The number of phosphoric ester groups is 1. The first kappa shape index (κ1) is 31.4. The minimum Gasteiger partial charge on any atom is -0.870 e. The molecule has 0 radical (unpaired) electrons. The molecule has 0 heterocycles. The first-order chi connectivity index (χ1) is 14.5. The molecule has 3 N–H and O–H groups in total. The van der Waals surface area contributed by atoms with Crippen molar-refractivity contribution in [2.45, 2.75) is 55.9 Å². The average Bonchev–Trinajstić information content (AvgIpc) is 2.62. The van der Waals surface area contributed by atoms with Crippen LogP contribution in [0.1, 0.15) is 44.9 Å². The summed E-state index contributed by atoms with van der Waals surface area (Å²) in [6, 6.07) is 7.86. The lowest BCUT2D eigenvalue weighted by Gasteiger charge is -2.29. The van der Waals surface area contributed by atoms with Crippen LogP contribution in [-0.2, 0) is 18.4 Å². The van der Waals surface area contributed by atoms with E-state index >= 15 is 0 Å². The Morgan fingerprint density at radius 1 is 1.09 bits per heavy atom. The van der Waals surface area contributed by atoms with Crippen molar-refractivity contribution in [3.63, 3.8) is 0 Å². The molecule has 0 aliphatic heterocycles. The van der Waals surface area contributed by atoms with Gasteiger partial charge in [0.15, 0.2) is 0 Å². The molecule has 8 nitrogen and oxygen atoms in total. The number of phosphoric acid groups is 1. The van der Waals surface area contributed by atoms with E-state index in [-0.39, 0.29) is 25.0 Å². The van der Waals surface area contributed by atoms with E-state index in [1.807, 2.05) is 57.2 Å². The van der Waals surface area contributed by atoms with Gasteiger partial charge in [0, 0.05) is 9.92 Å². The molecule has 1 aromatic carbocycles. The number of benzene rings is 1. The highest BCUT2D eigenvalue weighted by atomic mass is 35.5. The number of carboxylic acids is 1. The summed E-state index contributed by atoms with van der Waals surface area (Å²) < 4.78 is 22.7. The van der Waals surface area contributed by atoms with Crippen LogP contribution >= 0.6 is 31.2 Å². The number of aliphatic carboxylic acids is 1. The fourth-order valence-electron chi connectivity index (χ4n) is 2.97. The van der Waals surface area contributed by atoms with Crippen molar-refractivity contribution in [3.8, 4) is 0 Å². The van der Waals surface area contributed by atoms with E-state index in [9.17, 15) is 14.3 Å². The number of unbranched alkanes of at least 4 members (excludes halogenated alkanes) is 5. The van der Waals surface area contributed by atoms with Crippen LogP contribution in [0, 0.1) is 0 Å². The molecule has 0 bridgehead atoms. The first-order valence-corrected chi connectivity index (χ1v) is 13.4. The van der Waals surface area contributed by atoms with Crippen LogP contribution in [0.2, 0.25) is 5.02 Å². The number of rotatable bonds is 17. The van der Waals surface area contributed by atoms with Gasteiger partial charge in [0.2, 0.25) is 0 Å². The van der Waals surface area contributed by atoms with Crippen LogP contribution in [0.3, 0.4) is 0 Å². The molecular weight excluding hydrogens is 477 g/mol. The third-order valence-electron chi connectivity index (χ3n) is 4.31. The third kappa shape index (κ3) is 16.9. The predicted molar refractivity (Wildman–Crippen MR) is 128 cm³/mol. The van der Waals surface area contributed by atoms with Gasteiger partial charge in [0.05, 0.1) is 34.2 Å². The number of carboxylic acid groups (broad SMARTS) is 1. The Balaban J connectivity index is 0.00000961. The normalized spacial score (nSPS) is 14.4. The van der Waals surface area contributed by atoms with E-state index in [1.165, 1.54) is 4.90 Å². The van der Waals surface area contributed by atoms with E-state index in [1.54, 1.807) is 0 Å². The van der Waals surface area contributed by atoms with Gasteiger partial charge in [0.25, 0.3) is 0 Å². The summed E-state index contributed by atoms with van der Waals surface area (Å²) >= 11 is 7.70. The molecule has 1 aromatic rings. The fraction of sp³-hybridized carbons (Fsp3) is 0.667. The quantitative estimate of drug-likeness (QED) is 0.125. The van der Waals surface area contributed by atoms with Gasteiger partial charge in [-0.15, -0.1) is 11.8 Å². The summed E-state index contributed by atoms with van der Waals surface area (Å²) in [7, 11) is 1.30. The van der Waals surface area contributed by atoms with E-state index in [0.29, 0.717) is 10.9 Å². The van der Waals surface area contributed by atoms with Crippen LogP contribution in [-0.4, -0.2) is 72.1 Å². The number of carbonyl (C=O) groups is 1. The Morgan fingerprint density at radius 2 is 1.66 bits per heavy atom. The molecule has 32 heavy (non-hydrogen) atoms. The van der Waals surface area contributed by atoms with Gasteiger partial charge >= 0.3 is 13.8 Å². The number of halogens is 1.